The van der Waals surface area contributed by atoms with E-state index in [1.165, 1.54) is 5.56 Å². The highest BCUT2D eigenvalue weighted by atomic mass is 79.9. The van der Waals surface area contributed by atoms with Gasteiger partial charge >= 0.3 is 0 Å². The second-order valence-corrected chi connectivity index (χ2v) is 4.53. The summed E-state index contributed by atoms with van der Waals surface area (Å²) in [6.45, 7) is 0.806. The van der Waals surface area contributed by atoms with Crippen LogP contribution in [0.15, 0.2) is 47.1 Å². The number of benzene rings is 1. The van der Waals surface area contributed by atoms with Crippen molar-refractivity contribution in [3.05, 3.63) is 52.6 Å². The zero-order chi connectivity index (χ0) is 12.1. The van der Waals surface area contributed by atoms with E-state index in [0.29, 0.717) is 5.75 Å². The zero-order valence-electron chi connectivity index (χ0n) is 9.23. The Labute approximate surface area is 109 Å². The summed E-state index contributed by atoms with van der Waals surface area (Å²) in [7, 11) is 0. The molecule has 0 atom stereocenters. The van der Waals surface area contributed by atoms with Crippen molar-refractivity contribution in [2.45, 2.75) is 6.42 Å². The molecule has 0 saturated carbocycles. The molecule has 1 heterocycles. The largest absolute Gasteiger partial charge is 0.508 e. The Morgan fingerprint density at radius 1 is 1.18 bits per heavy atom. The standard InChI is InChI=1S/C13H13BrN2O/c14-12-2-1-8-15-13(12)16-9-7-10-3-5-11(17)6-4-10/h1-6,8,17H,7,9H2,(H,15,16). The minimum absolute atomic E-state index is 0.300. The Morgan fingerprint density at radius 3 is 2.65 bits per heavy atom. The van der Waals surface area contributed by atoms with Gasteiger partial charge in [-0.25, -0.2) is 4.98 Å². The highest BCUT2D eigenvalue weighted by Crippen LogP contribution is 2.18. The Bertz CT molecular complexity index is 485. The third kappa shape index (κ3) is 3.46. The maximum Gasteiger partial charge on any atom is 0.140 e. The van der Waals surface area contributed by atoms with Gasteiger partial charge in [-0.2, -0.15) is 0 Å². The van der Waals surface area contributed by atoms with Gasteiger partial charge in [0.15, 0.2) is 0 Å². The Kier molecular flexibility index (Phi) is 3.98. The maximum absolute atomic E-state index is 9.16. The summed E-state index contributed by atoms with van der Waals surface area (Å²) >= 11 is 3.43. The fourth-order valence-electron chi connectivity index (χ4n) is 1.50. The lowest BCUT2D eigenvalue weighted by Crippen LogP contribution is -2.06. The van der Waals surface area contributed by atoms with Crippen molar-refractivity contribution in [3.8, 4) is 5.75 Å². The molecule has 2 N–H and O–H groups in total. The van der Waals surface area contributed by atoms with E-state index in [4.69, 9.17) is 5.11 Å². The fraction of sp³-hybridized carbons (Fsp3) is 0.154. The molecule has 0 unspecified atom stereocenters. The molecule has 88 valence electrons. The third-order valence-electron chi connectivity index (χ3n) is 2.40. The van der Waals surface area contributed by atoms with Crippen molar-refractivity contribution in [2.75, 3.05) is 11.9 Å². The fourth-order valence-corrected chi connectivity index (χ4v) is 1.90. The number of rotatable bonds is 4. The summed E-state index contributed by atoms with van der Waals surface area (Å²) in [4.78, 5) is 4.23. The summed E-state index contributed by atoms with van der Waals surface area (Å²) in [5.41, 5.74) is 1.18. The Morgan fingerprint density at radius 2 is 1.94 bits per heavy atom. The molecule has 0 aliphatic heterocycles. The van der Waals surface area contributed by atoms with Gasteiger partial charge in [-0.05, 0) is 52.2 Å². The molecule has 0 aliphatic carbocycles. The van der Waals surface area contributed by atoms with Gasteiger partial charge in [0, 0.05) is 12.7 Å². The summed E-state index contributed by atoms with van der Waals surface area (Å²) in [5.74, 6) is 1.15. The lowest BCUT2D eigenvalue weighted by atomic mass is 10.1. The van der Waals surface area contributed by atoms with E-state index in [0.717, 1.165) is 23.3 Å². The number of hydrogen-bond acceptors (Lipinski definition) is 3. The molecular formula is C13H13BrN2O. The van der Waals surface area contributed by atoms with Crippen LogP contribution in [0.2, 0.25) is 0 Å². The van der Waals surface area contributed by atoms with E-state index in [9.17, 15) is 0 Å². The topological polar surface area (TPSA) is 45.1 Å². The first kappa shape index (κ1) is 11.9. The average molecular weight is 293 g/mol. The molecule has 0 saturated heterocycles. The number of aromatic hydroxyl groups is 1. The molecule has 2 rings (SSSR count). The van der Waals surface area contributed by atoms with Crippen LogP contribution in [0, 0.1) is 0 Å². The summed E-state index contributed by atoms with van der Waals surface area (Å²) < 4.78 is 0.964. The van der Waals surface area contributed by atoms with Crippen LogP contribution in [0.1, 0.15) is 5.56 Å². The Hall–Kier alpha value is -1.55. The Balaban J connectivity index is 1.88. The number of nitrogens with one attached hydrogen (secondary N) is 1. The van der Waals surface area contributed by atoms with Crippen molar-refractivity contribution in [1.82, 2.24) is 4.98 Å². The number of halogens is 1. The van der Waals surface area contributed by atoms with Gasteiger partial charge in [0.25, 0.3) is 0 Å². The second-order valence-electron chi connectivity index (χ2n) is 3.68. The monoisotopic (exact) mass is 292 g/mol. The molecule has 0 amide bonds. The molecule has 1 aromatic carbocycles. The van der Waals surface area contributed by atoms with Crippen molar-refractivity contribution in [3.63, 3.8) is 0 Å². The van der Waals surface area contributed by atoms with Crippen LogP contribution in [0.4, 0.5) is 5.82 Å². The molecule has 0 spiro atoms. The molecule has 0 bridgehead atoms. The maximum atomic E-state index is 9.16. The van der Waals surface area contributed by atoms with E-state index in [-0.39, 0.29) is 0 Å². The first-order valence-corrected chi connectivity index (χ1v) is 6.17. The highest BCUT2D eigenvalue weighted by molar-refractivity contribution is 9.10. The number of nitrogens with zero attached hydrogens (tertiary/aromatic N) is 1. The molecule has 0 fully saturated rings. The SMILES string of the molecule is Oc1ccc(CCNc2ncccc2Br)cc1. The number of anilines is 1. The molecule has 3 nitrogen and oxygen atoms in total. The number of phenolic OH excluding ortho intramolecular Hbond substituents is 1. The first-order valence-electron chi connectivity index (χ1n) is 5.38. The van der Waals surface area contributed by atoms with E-state index < -0.39 is 0 Å². The van der Waals surface area contributed by atoms with Crippen molar-refractivity contribution in [2.24, 2.45) is 0 Å². The minimum atomic E-state index is 0.300. The van der Waals surface area contributed by atoms with E-state index >= 15 is 0 Å². The molecule has 0 radical (unpaired) electrons. The van der Waals surface area contributed by atoms with Gasteiger partial charge < -0.3 is 10.4 Å². The quantitative estimate of drug-likeness (QED) is 0.910. The van der Waals surface area contributed by atoms with Crippen molar-refractivity contribution in [1.29, 1.82) is 0 Å². The van der Waals surface area contributed by atoms with Crippen LogP contribution in [0.5, 0.6) is 5.75 Å². The second kappa shape index (κ2) is 5.68. The van der Waals surface area contributed by atoms with Crippen LogP contribution in [0.25, 0.3) is 0 Å². The predicted molar refractivity (Wildman–Crippen MR) is 72.2 cm³/mol. The van der Waals surface area contributed by atoms with Crippen LogP contribution >= 0.6 is 15.9 Å². The molecule has 2 aromatic rings. The van der Waals surface area contributed by atoms with Crippen LogP contribution in [0.3, 0.4) is 0 Å². The molecular weight excluding hydrogens is 280 g/mol. The average Bonchev–Trinajstić information content (AvgIpc) is 2.34. The summed E-state index contributed by atoms with van der Waals surface area (Å²) in [6.07, 6.45) is 2.65. The molecule has 0 aliphatic rings. The summed E-state index contributed by atoms with van der Waals surface area (Å²) in [6, 6.07) is 11.1. The summed E-state index contributed by atoms with van der Waals surface area (Å²) in [5, 5.41) is 12.4. The normalized spacial score (nSPS) is 10.2. The van der Waals surface area contributed by atoms with Crippen LogP contribution in [-0.4, -0.2) is 16.6 Å². The number of hydrogen-bond donors (Lipinski definition) is 2. The van der Waals surface area contributed by atoms with Crippen molar-refractivity contribution < 1.29 is 5.11 Å². The predicted octanol–water partition coefficient (Wildman–Crippen LogP) is 3.20. The van der Waals surface area contributed by atoms with Crippen molar-refractivity contribution >= 4 is 21.7 Å². The molecule has 17 heavy (non-hydrogen) atoms. The van der Waals surface area contributed by atoms with Gasteiger partial charge in [0.05, 0.1) is 4.47 Å². The van der Waals surface area contributed by atoms with Crippen LogP contribution < -0.4 is 5.32 Å². The number of aromatic nitrogens is 1. The molecule has 4 heteroatoms. The lowest BCUT2D eigenvalue weighted by molar-refractivity contribution is 0.475. The number of pyridine rings is 1. The van der Waals surface area contributed by atoms with Gasteiger partial charge in [-0.3, -0.25) is 0 Å². The first-order chi connectivity index (χ1) is 8.25. The van der Waals surface area contributed by atoms with Crippen LogP contribution in [-0.2, 0) is 6.42 Å². The van der Waals surface area contributed by atoms with Gasteiger partial charge in [0.1, 0.15) is 11.6 Å². The minimum Gasteiger partial charge on any atom is -0.508 e. The van der Waals surface area contributed by atoms with Gasteiger partial charge in [-0.15, -0.1) is 0 Å². The smallest absolute Gasteiger partial charge is 0.140 e. The zero-order valence-corrected chi connectivity index (χ0v) is 10.8. The van der Waals surface area contributed by atoms with E-state index in [2.05, 4.69) is 26.2 Å². The van der Waals surface area contributed by atoms with E-state index in [1.54, 1.807) is 18.3 Å². The van der Waals surface area contributed by atoms with Gasteiger partial charge in [0.2, 0.25) is 0 Å². The number of phenols is 1. The highest BCUT2D eigenvalue weighted by Gasteiger charge is 1.99. The third-order valence-corrected chi connectivity index (χ3v) is 3.04. The van der Waals surface area contributed by atoms with Gasteiger partial charge in [-0.1, -0.05) is 12.1 Å². The van der Waals surface area contributed by atoms with E-state index in [1.807, 2.05) is 24.3 Å². The molecule has 1 aromatic heterocycles. The lowest BCUT2D eigenvalue weighted by Gasteiger charge is -2.07.